The second-order valence-corrected chi connectivity index (χ2v) is 14.5. The van der Waals surface area contributed by atoms with Crippen molar-refractivity contribution in [2.24, 2.45) is 0 Å². The first-order chi connectivity index (χ1) is 28.6. The summed E-state index contributed by atoms with van der Waals surface area (Å²) in [7, 11) is 0. The first-order valence-corrected chi connectivity index (χ1v) is 19.6. The van der Waals surface area contributed by atoms with E-state index < -0.39 is 0 Å². The van der Waals surface area contributed by atoms with Crippen molar-refractivity contribution < 1.29 is 8.83 Å². The molecule has 0 aliphatic heterocycles. The molecule has 0 radical (unpaired) electrons. The maximum Gasteiger partial charge on any atom is 0.143 e. The van der Waals surface area contributed by atoms with E-state index in [0.717, 1.165) is 89.1 Å². The largest absolute Gasteiger partial charge is 0.460 e. The van der Waals surface area contributed by atoms with Crippen LogP contribution in [0, 0.1) is 6.92 Å². The molecule has 3 heteroatoms. The lowest BCUT2D eigenvalue weighted by atomic mass is 9.99. The molecule has 0 N–H and O–H groups in total. The minimum Gasteiger partial charge on any atom is -0.460 e. The van der Waals surface area contributed by atoms with Gasteiger partial charge in [-0.2, -0.15) is 0 Å². The van der Waals surface area contributed by atoms with E-state index in [1.165, 1.54) is 16.7 Å². The lowest BCUT2D eigenvalue weighted by Crippen LogP contribution is -2.09. The summed E-state index contributed by atoms with van der Waals surface area (Å²) in [6.07, 6.45) is 5.80. The number of benzene rings is 8. The van der Waals surface area contributed by atoms with Crippen molar-refractivity contribution in [1.82, 2.24) is 0 Å². The van der Waals surface area contributed by atoms with Gasteiger partial charge in [0.25, 0.3) is 0 Å². The second-order valence-electron chi connectivity index (χ2n) is 14.5. The number of nitrogens with zero attached hydrogens (tertiary/aromatic N) is 1. The molecule has 0 unspecified atom stereocenters. The summed E-state index contributed by atoms with van der Waals surface area (Å²) in [5, 5.41) is 3.34. The van der Waals surface area contributed by atoms with Crippen LogP contribution in [-0.4, -0.2) is 0 Å². The average Bonchev–Trinajstić information content (AvgIpc) is 3.83. The van der Waals surface area contributed by atoms with E-state index in [-0.39, 0.29) is 0 Å². The molecule has 3 nitrogen and oxygen atoms in total. The number of hydrogen-bond acceptors (Lipinski definition) is 3. The predicted octanol–water partition coefficient (Wildman–Crippen LogP) is 16.0. The molecule has 0 aliphatic carbocycles. The van der Waals surface area contributed by atoms with E-state index in [2.05, 4.69) is 193 Å². The topological polar surface area (TPSA) is 29.5 Å². The molecule has 0 amide bonds. The smallest absolute Gasteiger partial charge is 0.143 e. The quantitative estimate of drug-likeness (QED) is 0.138. The highest BCUT2D eigenvalue weighted by atomic mass is 16.3. The Kier molecular flexibility index (Phi) is 8.89. The van der Waals surface area contributed by atoms with Gasteiger partial charge in [0.15, 0.2) is 0 Å². The summed E-state index contributed by atoms with van der Waals surface area (Å²) in [6, 6.07) is 66.7. The number of hydrogen-bond donors (Lipinski definition) is 0. The summed E-state index contributed by atoms with van der Waals surface area (Å²) in [5.74, 6) is 0.888. The summed E-state index contributed by atoms with van der Waals surface area (Å²) in [4.78, 5) is 2.31. The predicted molar refractivity (Wildman–Crippen MR) is 244 cm³/mol. The van der Waals surface area contributed by atoms with Crippen molar-refractivity contribution in [3.63, 3.8) is 0 Å². The van der Waals surface area contributed by atoms with Gasteiger partial charge in [-0.05, 0) is 82.8 Å². The SMILES string of the molecule is C=C/C=C\c1c(C)oc2c(-c3ccc(N(c4ccc(-c5ccc(-c6ccccc6)cc5)cc4)c4ccc(-c5cccc6c5oc5ccccc56)cc4)cc3)cccc12. The summed E-state index contributed by atoms with van der Waals surface area (Å²) < 4.78 is 12.8. The Morgan fingerprint density at radius 2 is 0.862 bits per heavy atom. The third-order valence-corrected chi connectivity index (χ3v) is 11.1. The van der Waals surface area contributed by atoms with E-state index in [9.17, 15) is 0 Å². The lowest BCUT2D eigenvalue weighted by molar-refractivity contribution is 0.578. The molecule has 0 spiro atoms. The molecule has 2 aromatic heterocycles. The third kappa shape index (κ3) is 6.29. The van der Waals surface area contributed by atoms with Gasteiger partial charge in [-0.25, -0.2) is 0 Å². The Balaban J connectivity index is 1.02. The van der Waals surface area contributed by atoms with Crippen molar-refractivity contribution in [1.29, 1.82) is 0 Å². The molecular weight excluding hydrogens is 707 g/mol. The van der Waals surface area contributed by atoms with Gasteiger partial charge in [-0.15, -0.1) is 0 Å². The van der Waals surface area contributed by atoms with Gasteiger partial charge in [0.05, 0.1) is 0 Å². The van der Waals surface area contributed by atoms with Crippen LogP contribution in [0.15, 0.2) is 216 Å². The Morgan fingerprint density at radius 1 is 0.414 bits per heavy atom. The van der Waals surface area contributed by atoms with Gasteiger partial charge >= 0.3 is 0 Å². The summed E-state index contributed by atoms with van der Waals surface area (Å²) >= 11 is 0. The molecule has 2 heterocycles. The van der Waals surface area contributed by atoms with Gasteiger partial charge in [0, 0.05) is 49.9 Å². The van der Waals surface area contributed by atoms with Crippen molar-refractivity contribution >= 4 is 56.0 Å². The molecule has 276 valence electrons. The van der Waals surface area contributed by atoms with Crippen molar-refractivity contribution in [2.75, 3.05) is 4.90 Å². The second kappa shape index (κ2) is 14.8. The van der Waals surface area contributed by atoms with E-state index in [4.69, 9.17) is 8.83 Å². The molecular formula is C55H39NO2. The van der Waals surface area contributed by atoms with Gasteiger partial charge in [0.2, 0.25) is 0 Å². The molecule has 0 saturated heterocycles. The Bertz CT molecular complexity index is 3090. The van der Waals surface area contributed by atoms with Crippen molar-refractivity contribution in [3.05, 3.63) is 218 Å². The number of aryl methyl sites for hydroxylation is 1. The standard InChI is InChI=1S/C55H39NO2/c1-3-4-14-47-37(2)57-54-48(16-10-18-51(47)54)42-27-33-45(34-28-42)56(44-31-25-41(26-32-44)40-23-21-39(22-24-40)38-12-6-5-7-13-38)46-35-29-43(30-36-46)49-17-11-19-52-50-15-8-9-20-53(50)58-55(49)52/h3-36H,1H2,2H3/b14-4-. The molecule has 0 aliphatic rings. The molecule has 0 fully saturated rings. The lowest BCUT2D eigenvalue weighted by Gasteiger charge is -2.26. The van der Waals surface area contributed by atoms with Crippen molar-refractivity contribution in [3.8, 4) is 44.5 Å². The van der Waals surface area contributed by atoms with E-state index >= 15 is 0 Å². The van der Waals surface area contributed by atoms with Crippen LogP contribution in [0.2, 0.25) is 0 Å². The molecule has 0 bridgehead atoms. The zero-order valence-electron chi connectivity index (χ0n) is 32.1. The molecule has 10 aromatic rings. The number of allylic oxidation sites excluding steroid dienone is 2. The van der Waals surface area contributed by atoms with E-state index in [1.54, 1.807) is 6.08 Å². The highest BCUT2D eigenvalue weighted by molar-refractivity contribution is 6.09. The van der Waals surface area contributed by atoms with Gasteiger partial charge in [0.1, 0.15) is 22.5 Å². The maximum absolute atomic E-state index is 6.41. The molecule has 0 saturated carbocycles. The minimum atomic E-state index is 0.885. The maximum atomic E-state index is 6.41. The average molecular weight is 746 g/mol. The fourth-order valence-corrected chi connectivity index (χ4v) is 8.15. The Morgan fingerprint density at radius 3 is 1.43 bits per heavy atom. The highest BCUT2D eigenvalue weighted by Gasteiger charge is 2.18. The molecule has 8 aromatic carbocycles. The van der Waals surface area contributed by atoms with Crippen LogP contribution in [0.25, 0.3) is 83.5 Å². The molecule has 58 heavy (non-hydrogen) atoms. The fraction of sp³-hybridized carbons (Fsp3) is 0.0182. The van der Waals surface area contributed by atoms with Crippen LogP contribution in [0.4, 0.5) is 17.1 Å². The monoisotopic (exact) mass is 745 g/mol. The van der Waals surface area contributed by atoms with Crippen LogP contribution in [-0.2, 0) is 0 Å². The number of para-hydroxylation sites is 3. The van der Waals surface area contributed by atoms with Gasteiger partial charge in [-0.3, -0.25) is 0 Å². The Labute approximate surface area is 338 Å². The van der Waals surface area contributed by atoms with E-state index in [0.29, 0.717) is 0 Å². The fourth-order valence-electron chi connectivity index (χ4n) is 8.15. The number of furan rings is 2. The number of fused-ring (bicyclic) bond motifs is 4. The van der Waals surface area contributed by atoms with Crippen LogP contribution in [0.5, 0.6) is 0 Å². The van der Waals surface area contributed by atoms with Crippen LogP contribution < -0.4 is 4.90 Å². The van der Waals surface area contributed by atoms with Crippen molar-refractivity contribution in [2.45, 2.75) is 6.92 Å². The normalized spacial score (nSPS) is 11.5. The van der Waals surface area contributed by atoms with Gasteiger partial charge < -0.3 is 13.7 Å². The first-order valence-electron chi connectivity index (χ1n) is 19.6. The van der Waals surface area contributed by atoms with E-state index in [1.807, 2.05) is 25.1 Å². The summed E-state index contributed by atoms with van der Waals surface area (Å²) in [6.45, 7) is 5.86. The number of rotatable bonds is 9. The zero-order chi connectivity index (χ0) is 39.0. The minimum absolute atomic E-state index is 0.885. The number of anilines is 3. The molecule has 10 rings (SSSR count). The Hall–Kier alpha value is -7.62. The van der Waals surface area contributed by atoms with Crippen LogP contribution in [0.1, 0.15) is 11.3 Å². The third-order valence-electron chi connectivity index (χ3n) is 11.1. The van der Waals surface area contributed by atoms with Crippen LogP contribution in [0.3, 0.4) is 0 Å². The highest BCUT2D eigenvalue weighted by Crippen LogP contribution is 2.41. The van der Waals surface area contributed by atoms with Gasteiger partial charge in [-0.1, -0.05) is 170 Å². The van der Waals surface area contributed by atoms with Crippen LogP contribution >= 0.6 is 0 Å². The summed E-state index contributed by atoms with van der Waals surface area (Å²) in [5.41, 5.74) is 16.0. The zero-order valence-corrected chi connectivity index (χ0v) is 32.1. The molecule has 0 atom stereocenters. The first kappa shape index (κ1) is 34.8.